The fourth-order valence-corrected chi connectivity index (χ4v) is 1.89. The number of nitrogens with one attached hydrogen (secondary N) is 1. The van der Waals surface area contributed by atoms with Crippen molar-refractivity contribution in [2.75, 3.05) is 6.54 Å². The lowest BCUT2D eigenvalue weighted by atomic mass is 10.1. The molecule has 110 valence electrons. The first-order valence-electron chi connectivity index (χ1n) is 6.49. The number of carboxylic acid groups (broad SMARTS) is 1. The van der Waals surface area contributed by atoms with E-state index in [0.29, 0.717) is 6.54 Å². The molecule has 0 bridgehead atoms. The van der Waals surface area contributed by atoms with Crippen molar-refractivity contribution in [2.24, 2.45) is 13.0 Å². The molecule has 0 aliphatic rings. The van der Waals surface area contributed by atoms with Crippen LogP contribution in [0.5, 0.6) is 0 Å². The number of carbonyl (C=O) groups is 2. The standard InChI is InChI=1S/C14H21N3O3/c1-9(7-14(19)20)8-15-13(18)6-5-12-10(2)16-17(4)11(12)3/h5-6,9H,7-8H2,1-4H3,(H,15,18)(H,19,20)/b6-5+. The summed E-state index contributed by atoms with van der Waals surface area (Å²) >= 11 is 0. The Hall–Kier alpha value is -2.11. The first kappa shape index (κ1) is 15.9. The van der Waals surface area contributed by atoms with Crippen LogP contribution >= 0.6 is 0 Å². The van der Waals surface area contributed by atoms with Gasteiger partial charge >= 0.3 is 5.97 Å². The summed E-state index contributed by atoms with van der Waals surface area (Å²) < 4.78 is 1.77. The lowest BCUT2D eigenvalue weighted by Crippen LogP contribution is -2.27. The van der Waals surface area contributed by atoms with Gasteiger partial charge in [-0.25, -0.2) is 0 Å². The molecule has 0 spiro atoms. The molecule has 0 aromatic carbocycles. The van der Waals surface area contributed by atoms with E-state index in [-0.39, 0.29) is 18.2 Å². The molecule has 0 aliphatic carbocycles. The smallest absolute Gasteiger partial charge is 0.303 e. The van der Waals surface area contributed by atoms with Crippen molar-refractivity contribution >= 4 is 18.0 Å². The molecule has 2 N–H and O–H groups in total. The number of aliphatic carboxylic acids is 1. The first-order valence-corrected chi connectivity index (χ1v) is 6.49. The second kappa shape index (κ2) is 6.88. The molecular weight excluding hydrogens is 258 g/mol. The second-order valence-corrected chi connectivity index (χ2v) is 4.99. The summed E-state index contributed by atoms with van der Waals surface area (Å²) in [6, 6.07) is 0. The zero-order valence-corrected chi connectivity index (χ0v) is 12.3. The predicted molar refractivity (Wildman–Crippen MR) is 76.1 cm³/mol. The Balaban J connectivity index is 2.54. The van der Waals surface area contributed by atoms with Crippen molar-refractivity contribution in [3.05, 3.63) is 23.0 Å². The number of rotatable bonds is 6. The lowest BCUT2D eigenvalue weighted by Gasteiger charge is -2.08. The third-order valence-electron chi connectivity index (χ3n) is 3.11. The Morgan fingerprint density at radius 2 is 2.10 bits per heavy atom. The number of carbonyl (C=O) groups excluding carboxylic acids is 1. The van der Waals surface area contributed by atoms with Crippen LogP contribution in [0, 0.1) is 19.8 Å². The number of aryl methyl sites for hydroxylation is 2. The van der Waals surface area contributed by atoms with E-state index in [0.717, 1.165) is 17.0 Å². The zero-order valence-electron chi connectivity index (χ0n) is 12.3. The minimum Gasteiger partial charge on any atom is -0.481 e. The van der Waals surface area contributed by atoms with Gasteiger partial charge in [0.05, 0.1) is 5.69 Å². The van der Waals surface area contributed by atoms with Crippen LogP contribution in [0.4, 0.5) is 0 Å². The Labute approximate surface area is 118 Å². The molecule has 1 aromatic heterocycles. The Bertz CT molecular complexity index is 532. The van der Waals surface area contributed by atoms with E-state index in [2.05, 4.69) is 10.4 Å². The fourth-order valence-electron chi connectivity index (χ4n) is 1.89. The third-order valence-corrected chi connectivity index (χ3v) is 3.11. The van der Waals surface area contributed by atoms with Gasteiger partial charge in [0.15, 0.2) is 0 Å². The molecule has 0 aliphatic heterocycles. The zero-order chi connectivity index (χ0) is 15.3. The average Bonchev–Trinajstić information content (AvgIpc) is 2.58. The fraction of sp³-hybridized carbons (Fsp3) is 0.500. The highest BCUT2D eigenvalue weighted by atomic mass is 16.4. The molecule has 1 aromatic rings. The number of hydrogen-bond donors (Lipinski definition) is 2. The molecule has 0 fully saturated rings. The maximum absolute atomic E-state index is 11.7. The van der Waals surface area contributed by atoms with Crippen molar-refractivity contribution < 1.29 is 14.7 Å². The van der Waals surface area contributed by atoms with E-state index < -0.39 is 5.97 Å². The van der Waals surface area contributed by atoms with E-state index >= 15 is 0 Å². The van der Waals surface area contributed by atoms with Crippen LogP contribution in [0.1, 0.15) is 30.3 Å². The van der Waals surface area contributed by atoms with E-state index in [4.69, 9.17) is 5.11 Å². The van der Waals surface area contributed by atoms with Crippen molar-refractivity contribution in [3.63, 3.8) is 0 Å². The van der Waals surface area contributed by atoms with Crippen LogP contribution < -0.4 is 5.32 Å². The summed E-state index contributed by atoms with van der Waals surface area (Å²) in [5, 5.41) is 15.6. The molecule has 0 radical (unpaired) electrons. The van der Waals surface area contributed by atoms with Gasteiger partial charge in [-0.3, -0.25) is 14.3 Å². The van der Waals surface area contributed by atoms with Crippen LogP contribution in [0.25, 0.3) is 6.08 Å². The maximum atomic E-state index is 11.7. The number of carboxylic acids is 1. The van der Waals surface area contributed by atoms with Gasteiger partial charge in [-0.1, -0.05) is 6.92 Å². The van der Waals surface area contributed by atoms with E-state index in [1.807, 2.05) is 20.9 Å². The van der Waals surface area contributed by atoms with Crippen molar-refractivity contribution in [1.29, 1.82) is 0 Å². The molecule has 0 saturated carbocycles. The van der Waals surface area contributed by atoms with Gasteiger partial charge in [0, 0.05) is 37.3 Å². The summed E-state index contributed by atoms with van der Waals surface area (Å²) in [5.41, 5.74) is 2.79. The Morgan fingerprint density at radius 1 is 1.45 bits per heavy atom. The van der Waals surface area contributed by atoms with Gasteiger partial charge in [0.25, 0.3) is 0 Å². The molecule has 1 amide bonds. The molecule has 6 heteroatoms. The maximum Gasteiger partial charge on any atom is 0.303 e. The van der Waals surface area contributed by atoms with Gasteiger partial charge in [-0.05, 0) is 25.8 Å². The molecule has 20 heavy (non-hydrogen) atoms. The molecule has 1 unspecified atom stereocenters. The monoisotopic (exact) mass is 279 g/mol. The number of amides is 1. The molecule has 6 nitrogen and oxygen atoms in total. The molecular formula is C14H21N3O3. The van der Waals surface area contributed by atoms with Crippen LogP contribution in [0.3, 0.4) is 0 Å². The lowest BCUT2D eigenvalue weighted by molar-refractivity contribution is -0.138. The Kier molecular flexibility index (Phi) is 5.49. The van der Waals surface area contributed by atoms with Gasteiger partial charge in [0.1, 0.15) is 0 Å². The van der Waals surface area contributed by atoms with Gasteiger partial charge in [0.2, 0.25) is 5.91 Å². The Morgan fingerprint density at radius 3 is 2.60 bits per heavy atom. The van der Waals surface area contributed by atoms with E-state index in [1.165, 1.54) is 6.08 Å². The largest absolute Gasteiger partial charge is 0.481 e. The molecule has 1 rings (SSSR count). The topological polar surface area (TPSA) is 84.2 Å². The highest BCUT2D eigenvalue weighted by Crippen LogP contribution is 2.13. The van der Waals surface area contributed by atoms with Gasteiger partial charge in [-0.2, -0.15) is 5.10 Å². The third kappa shape index (κ3) is 4.53. The average molecular weight is 279 g/mol. The molecule has 1 heterocycles. The molecule has 1 atom stereocenters. The summed E-state index contributed by atoms with van der Waals surface area (Å²) in [6.07, 6.45) is 3.23. The van der Waals surface area contributed by atoms with Crippen LogP contribution in [0.15, 0.2) is 6.08 Å². The number of hydrogen-bond acceptors (Lipinski definition) is 3. The highest BCUT2D eigenvalue weighted by molar-refractivity contribution is 5.92. The number of aromatic nitrogens is 2. The summed E-state index contributed by atoms with van der Waals surface area (Å²) in [7, 11) is 1.85. The second-order valence-electron chi connectivity index (χ2n) is 4.99. The summed E-state index contributed by atoms with van der Waals surface area (Å²) in [6.45, 7) is 5.96. The van der Waals surface area contributed by atoms with Gasteiger partial charge < -0.3 is 10.4 Å². The first-order chi connectivity index (χ1) is 9.31. The van der Waals surface area contributed by atoms with Gasteiger partial charge in [-0.15, -0.1) is 0 Å². The number of nitrogens with zero attached hydrogens (tertiary/aromatic N) is 2. The van der Waals surface area contributed by atoms with E-state index in [1.54, 1.807) is 17.7 Å². The molecule has 0 saturated heterocycles. The SMILES string of the molecule is Cc1nn(C)c(C)c1/C=C/C(=O)NCC(C)CC(=O)O. The van der Waals surface area contributed by atoms with Crippen molar-refractivity contribution in [3.8, 4) is 0 Å². The summed E-state index contributed by atoms with van der Waals surface area (Å²) in [4.78, 5) is 22.2. The van der Waals surface area contributed by atoms with Crippen LogP contribution in [0.2, 0.25) is 0 Å². The highest BCUT2D eigenvalue weighted by Gasteiger charge is 2.09. The van der Waals surface area contributed by atoms with Crippen LogP contribution in [-0.4, -0.2) is 33.3 Å². The minimum absolute atomic E-state index is 0.0464. The normalized spacial score (nSPS) is 12.6. The minimum atomic E-state index is -0.857. The van der Waals surface area contributed by atoms with E-state index in [9.17, 15) is 9.59 Å². The summed E-state index contributed by atoms with van der Waals surface area (Å²) in [5.74, 6) is -1.18. The van der Waals surface area contributed by atoms with Crippen molar-refractivity contribution in [2.45, 2.75) is 27.2 Å². The predicted octanol–water partition coefficient (Wildman–Crippen LogP) is 1.28. The van der Waals surface area contributed by atoms with Crippen LogP contribution in [-0.2, 0) is 16.6 Å². The quantitative estimate of drug-likeness (QED) is 0.768. The van der Waals surface area contributed by atoms with Crippen molar-refractivity contribution in [1.82, 2.24) is 15.1 Å².